The Morgan fingerprint density at radius 3 is 2.53 bits per heavy atom. The number of nitrogens with one attached hydrogen (secondary N) is 1. The lowest BCUT2D eigenvalue weighted by atomic mass is 10.2. The molecule has 0 unspecified atom stereocenters. The monoisotopic (exact) mass is 282 g/mol. The van der Waals surface area contributed by atoms with Crippen LogP contribution in [-0.2, 0) is 11.2 Å². The molecule has 0 radical (unpaired) electrons. The predicted molar refractivity (Wildman–Crippen MR) is 78.7 cm³/mol. The van der Waals surface area contributed by atoms with Crippen molar-refractivity contribution in [1.82, 2.24) is 10.2 Å². The molecule has 0 aromatic carbocycles. The highest BCUT2D eigenvalue weighted by atomic mass is 32.1. The molecule has 0 saturated heterocycles. The molecule has 19 heavy (non-hydrogen) atoms. The largest absolute Gasteiger partial charge is 0.352 e. The number of amides is 2. The second-order valence-electron chi connectivity index (χ2n) is 4.95. The molecule has 0 atom stereocenters. The Hall–Kier alpha value is -1.36. The number of hydrogen-bond acceptors (Lipinski definition) is 3. The first-order chi connectivity index (χ1) is 8.85. The summed E-state index contributed by atoms with van der Waals surface area (Å²) in [4.78, 5) is 27.2. The van der Waals surface area contributed by atoms with Crippen LogP contribution < -0.4 is 5.32 Å². The Morgan fingerprint density at radius 2 is 2.05 bits per heavy atom. The maximum absolute atomic E-state index is 12.2. The van der Waals surface area contributed by atoms with Gasteiger partial charge in [-0.25, -0.2) is 0 Å². The van der Waals surface area contributed by atoms with Gasteiger partial charge in [0.05, 0.1) is 11.4 Å². The molecule has 0 spiro atoms. The third-order valence-electron chi connectivity index (χ3n) is 2.73. The highest BCUT2D eigenvalue weighted by Gasteiger charge is 2.18. The van der Waals surface area contributed by atoms with Crippen LogP contribution in [0.15, 0.2) is 6.07 Å². The highest BCUT2D eigenvalue weighted by Crippen LogP contribution is 2.23. The number of nitrogens with zero attached hydrogens (tertiary/aromatic N) is 1. The van der Waals surface area contributed by atoms with Crippen molar-refractivity contribution in [3.05, 3.63) is 21.4 Å². The van der Waals surface area contributed by atoms with E-state index in [9.17, 15) is 9.59 Å². The first-order valence-corrected chi connectivity index (χ1v) is 7.30. The molecule has 0 aliphatic heterocycles. The van der Waals surface area contributed by atoms with Gasteiger partial charge in [0.25, 0.3) is 5.91 Å². The number of hydrogen-bond donors (Lipinski definition) is 1. The summed E-state index contributed by atoms with van der Waals surface area (Å²) in [6, 6.07) is 1.99. The molecule has 0 fully saturated rings. The highest BCUT2D eigenvalue weighted by molar-refractivity contribution is 7.14. The van der Waals surface area contributed by atoms with Crippen LogP contribution in [-0.4, -0.2) is 36.3 Å². The molecule has 1 N–H and O–H groups in total. The number of carbonyl (C=O) groups excluding carboxylic acids is 2. The summed E-state index contributed by atoms with van der Waals surface area (Å²) in [6.07, 6.45) is 0.932. The zero-order valence-corrected chi connectivity index (χ0v) is 13.1. The molecular weight excluding hydrogens is 260 g/mol. The lowest BCUT2D eigenvalue weighted by molar-refractivity contribution is -0.122. The van der Waals surface area contributed by atoms with E-state index in [1.165, 1.54) is 21.1 Å². The third kappa shape index (κ3) is 4.35. The van der Waals surface area contributed by atoms with Gasteiger partial charge < -0.3 is 10.2 Å². The van der Waals surface area contributed by atoms with E-state index in [1.807, 2.05) is 26.8 Å². The van der Waals surface area contributed by atoms with Gasteiger partial charge in [0.2, 0.25) is 5.91 Å². The zero-order valence-electron chi connectivity index (χ0n) is 12.2. The van der Waals surface area contributed by atoms with E-state index >= 15 is 0 Å². The fourth-order valence-electron chi connectivity index (χ4n) is 1.82. The average molecular weight is 282 g/mol. The Kier molecular flexibility index (Phi) is 5.54. The second-order valence-corrected chi connectivity index (χ2v) is 6.09. The quantitative estimate of drug-likeness (QED) is 0.900. The van der Waals surface area contributed by atoms with Crippen molar-refractivity contribution in [3.8, 4) is 0 Å². The standard InChI is InChI=1S/C14H22N2O2S/c1-6-11-10(4)7-12(19-11)14(18)16(5)8-13(17)15-9(2)3/h7,9H,6,8H2,1-5H3,(H,15,17). The number of carbonyl (C=O) groups is 2. The summed E-state index contributed by atoms with van der Waals surface area (Å²) in [5.74, 6) is -0.221. The van der Waals surface area contributed by atoms with E-state index in [-0.39, 0.29) is 24.4 Å². The summed E-state index contributed by atoms with van der Waals surface area (Å²) in [6.45, 7) is 7.98. The van der Waals surface area contributed by atoms with Crippen LogP contribution in [0.4, 0.5) is 0 Å². The molecule has 4 nitrogen and oxygen atoms in total. The van der Waals surface area contributed by atoms with E-state index < -0.39 is 0 Å². The summed E-state index contributed by atoms with van der Waals surface area (Å²) >= 11 is 1.51. The minimum atomic E-state index is -0.130. The van der Waals surface area contributed by atoms with Crippen LogP contribution in [0.2, 0.25) is 0 Å². The molecule has 2 amide bonds. The molecule has 5 heteroatoms. The van der Waals surface area contributed by atoms with E-state index in [0.717, 1.165) is 12.0 Å². The Bertz CT molecular complexity index is 466. The van der Waals surface area contributed by atoms with Crippen LogP contribution >= 0.6 is 11.3 Å². The van der Waals surface area contributed by atoms with Gasteiger partial charge in [0.1, 0.15) is 0 Å². The first-order valence-electron chi connectivity index (χ1n) is 6.49. The topological polar surface area (TPSA) is 49.4 Å². The van der Waals surface area contributed by atoms with Crippen LogP contribution in [0, 0.1) is 6.92 Å². The molecule has 106 valence electrons. The summed E-state index contributed by atoms with van der Waals surface area (Å²) in [5, 5.41) is 2.78. The van der Waals surface area contributed by atoms with Gasteiger partial charge >= 0.3 is 0 Å². The van der Waals surface area contributed by atoms with Gasteiger partial charge in [0, 0.05) is 18.0 Å². The molecule has 1 heterocycles. The van der Waals surface area contributed by atoms with E-state index in [1.54, 1.807) is 7.05 Å². The lowest BCUT2D eigenvalue weighted by Crippen LogP contribution is -2.40. The second kappa shape index (κ2) is 6.70. The maximum atomic E-state index is 12.2. The molecule has 0 aliphatic rings. The van der Waals surface area contributed by atoms with Crippen LogP contribution in [0.25, 0.3) is 0 Å². The molecule has 0 saturated carbocycles. The van der Waals surface area contributed by atoms with Crippen molar-refractivity contribution < 1.29 is 9.59 Å². The maximum Gasteiger partial charge on any atom is 0.264 e. The summed E-state index contributed by atoms with van der Waals surface area (Å²) in [5.41, 5.74) is 1.15. The molecular formula is C14H22N2O2S. The molecule has 0 bridgehead atoms. The summed E-state index contributed by atoms with van der Waals surface area (Å²) < 4.78 is 0. The van der Waals surface area contributed by atoms with Crippen molar-refractivity contribution in [3.63, 3.8) is 0 Å². The van der Waals surface area contributed by atoms with Crippen molar-refractivity contribution in [2.75, 3.05) is 13.6 Å². The third-order valence-corrected chi connectivity index (χ3v) is 4.10. The van der Waals surface area contributed by atoms with Gasteiger partial charge in [-0.3, -0.25) is 9.59 Å². The normalized spacial score (nSPS) is 10.6. The Labute approximate surface area is 118 Å². The summed E-state index contributed by atoms with van der Waals surface area (Å²) in [7, 11) is 1.66. The van der Waals surface area contributed by atoms with E-state index in [4.69, 9.17) is 0 Å². The average Bonchev–Trinajstić information content (AvgIpc) is 2.68. The smallest absolute Gasteiger partial charge is 0.264 e. The van der Waals surface area contributed by atoms with Crippen LogP contribution in [0.1, 0.15) is 40.9 Å². The van der Waals surface area contributed by atoms with Crippen molar-refractivity contribution in [2.45, 2.75) is 40.2 Å². The minimum Gasteiger partial charge on any atom is -0.352 e. The van der Waals surface area contributed by atoms with Crippen molar-refractivity contribution >= 4 is 23.2 Å². The van der Waals surface area contributed by atoms with E-state index in [0.29, 0.717) is 4.88 Å². The molecule has 1 aromatic heterocycles. The van der Waals surface area contributed by atoms with Gasteiger partial charge in [-0.2, -0.15) is 0 Å². The molecule has 1 aromatic rings. The fraction of sp³-hybridized carbons (Fsp3) is 0.571. The van der Waals surface area contributed by atoms with Crippen LogP contribution in [0.5, 0.6) is 0 Å². The SMILES string of the molecule is CCc1sc(C(=O)N(C)CC(=O)NC(C)C)cc1C. The number of thiophene rings is 1. The lowest BCUT2D eigenvalue weighted by Gasteiger charge is -2.17. The van der Waals surface area contributed by atoms with Gasteiger partial charge in [0.15, 0.2) is 0 Å². The zero-order chi connectivity index (χ0) is 14.6. The van der Waals surface area contributed by atoms with Crippen molar-refractivity contribution in [2.24, 2.45) is 0 Å². The van der Waals surface area contributed by atoms with Gasteiger partial charge in [-0.15, -0.1) is 11.3 Å². The number of aryl methyl sites for hydroxylation is 2. The van der Waals surface area contributed by atoms with E-state index in [2.05, 4.69) is 12.2 Å². The van der Waals surface area contributed by atoms with Crippen molar-refractivity contribution in [1.29, 1.82) is 0 Å². The predicted octanol–water partition coefficient (Wildman–Crippen LogP) is 2.22. The van der Waals surface area contributed by atoms with Gasteiger partial charge in [-0.1, -0.05) is 6.92 Å². The molecule has 0 aliphatic carbocycles. The Balaban J connectivity index is 2.68. The first kappa shape index (κ1) is 15.7. The Morgan fingerprint density at radius 1 is 1.42 bits per heavy atom. The fourth-order valence-corrected chi connectivity index (χ4v) is 2.93. The minimum absolute atomic E-state index is 0.0895. The number of rotatable bonds is 5. The van der Waals surface area contributed by atoms with Gasteiger partial charge in [-0.05, 0) is 38.8 Å². The van der Waals surface area contributed by atoms with Crippen LogP contribution in [0.3, 0.4) is 0 Å². The molecule has 1 rings (SSSR count). The number of likely N-dealkylation sites (N-methyl/N-ethyl adjacent to an activating group) is 1.